The summed E-state index contributed by atoms with van der Waals surface area (Å²) < 4.78 is 0. The number of benzene rings is 1. The molecule has 0 unspecified atom stereocenters. The number of aromatic nitrogens is 2. The number of hydrogen-bond donors (Lipinski definition) is 2. The SMILES string of the molecule is Cc1nc(Cc2ccc(Cl)c(Cl)c2)nc(NN)c1C. The average Bonchev–Trinajstić information content (AvgIpc) is 2.38. The summed E-state index contributed by atoms with van der Waals surface area (Å²) in [6, 6.07) is 5.49. The predicted octanol–water partition coefficient (Wildman–Crippen LogP) is 3.28. The highest BCUT2D eigenvalue weighted by Gasteiger charge is 2.08. The number of halogens is 2. The maximum absolute atomic E-state index is 5.99. The van der Waals surface area contributed by atoms with Gasteiger partial charge in [0, 0.05) is 17.7 Å². The van der Waals surface area contributed by atoms with Gasteiger partial charge >= 0.3 is 0 Å². The molecule has 0 aliphatic carbocycles. The minimum atomic E-state index is 0.528. The van der Waals surface area contributed by atoms with Crippen molar-refractivity contribution in [1.82, 2.24) is 9.97 Å². The van der Waals surface area contributed by atoms with Crippen molar-refractivity contribution in [2.45, 2.75) is 20.3 Å². The molecule has 0 fully saturated rings. The summed E-state index contributed by atoms with van der Waals surface area (Å²) in [7, 11) is 0. The largest absolute Gasteiger partial charge is 0.308 e. The number of rotatable bonds is 3. The first-order chi connectivity index (χ1) is 9.01. The third-order valence-corrected chi connectivity index (χ3v) is 3.66. The van der Waals surface area contributed by atoms with E-state index in [1.54, 1.807) is 6.07 Å². The van der Waals surface area contributed by atoms with Crippen molar-refractivity contribution in [2.24, 2.45) is 5.84 Å². The second-order valence-electron chi connectivity index (χ2n) is 4.27. The molecule has 0 saturated heterocycles. The molecular formula is C13H14Cl2N4. The van der Waals surface area contributed by atoms with E-state index in [0.717, 1.165) is 16.8 Å². The Morgan fingerprint density at radius 1 is 1.16 bits per heavy atom. The van der Waals surface area contributed by atoms with Crippen LogP contribution in [0.4, 0.5) is 5.82 Å². The number of nitrogens with two attached hydrogens (primary N) is 1. The van der Waals surface area contributed by atoms with Crippen LogP contribution in [0.15, 0.2) is 18.2 Å². The van der Waals surface area contributed by atoms with Crippen LogP contribution < -0.4 is 11.3 Å². The fourth-order valence-electron chi connectivity index (χ4n) is 1.74. The second-order valence-corrected chi connectivity index (χ2v) is 5.08. The van der Waals surface area contributed by atoms with E-state index in [2.05, 4.69) is 15.4 Å². The highest BCUT2D eigenvalue weighted by Crippen LogP contribution is 2.24. The van der Waals surface area contributed by atoms with Gasteiger partial charge in [-0.15, -0.1) is 0 Å². The number of nitrogens with zero attached hydrogens (tertiary/aromatic N) is 2. The van der Waals surface area contributed by atoms with Gasteiger partial charge in [-0.05, 0) is 31.5 Å². The third kappa shape index (κ3) is 3.15. The van der Waals surface area contributed by atoms with Crippen molar-refractivity contribution in [3.05, 3.63) is 50.9 Å². The summed E-state index contributed by atoms with van der Waals surface area (Å²) >= 11 is 11.9. The molecular weight excluding hydrogens is 283 g/mol. The van der Waals surface area contributed by atoms with Crippen molar-refractivity contribution in [3.8, 4) is 0 Å². The number of aryl methyl sites for hydroxylation is 1. The highest BCUT2D eigenvalue weighted by molar-refractivity contribution is 6.42. The van der Waals surface area contributed by atoms with Gasteiger partial charge in [-0.2, -0.15) is 0 Å². The Morgan fingerprint density at radius 3 is 2.53 bits per heavy atom. The van der Waals surface area contributed by atoms with Crippen LogP contribution in [0.5, 0.6) is 0 Å². The quantitative estimate of drug-likeness (QED) is 0.674. The van der Waals surface area contributed by atoms with Crippen LogP contribution >= 0.6 is 23.2 Å². The van der Waals surface area contributed by atoms with Crippen LogP contribution in [0.25, 0.3) is 0 Å². The van der Waals surface area contributed by atoms with Crippen molar-refractivity contribution in [2.75, 3.05) is 5.43 Å². The average molecular weight is 297 g/mol. The summed E-state index contributed by atoms with van der Waals surface area (Å²) in [5, 5.41) is 1.07. The molecule has 0 aliphatic rings. The highest BCUT2D eigenvalue weighted by atomic mass is 35.5. The van der Waals surface area contributed by atoms with Crippen molar-refractivity contribution >= 4 is 29.0 Å². The van der Waals surface area contributed by atoms with E-state index in [-0.39, 0.29) is 0 Å². The van der Waals surface area contributed by atoms with E-state index >= 15 is 0 Å². The zero-order valence-electron chi connectivity index (χ0n) is 10.7. The van der Waals surface area contributed by atoms with Gasteiger partial charge in [-0.1, -0.05) is 29.3 Å². The lowest BCUT2D eigenvalue weighted by atomic mass is 10.1. The summed E-state index contributed by atoms with van der Waals surface area (Å²) in [4.78, 5) is 8.82. The minimum Gasteiger partial charge on any atom is -0.308 e. The van der Waals surface area contributed by atoms with Crippen molar-refractivity contribution < 1.29 is 0 Å². The standard InChI is InChI=1S/C13H14Cl2N4/c1-7-8(2)17-12(18-13(7)19-16)6-9-3-4-10(14)11(15)5-9/h3-5H,6,16H2,1-2H3,(H,17,18,19). The lowest BCUT2D eigenvalue weighted by Gasteiger charge is -2.09. The molecule has 19 heavy (non-hydrogen) atoms. The smallest absolute Gasteiger partial charge is 0.146 e. The van der Waals surface area contributed by atoms with Crippen LogP contribution in [0.1, 0.15) is 22.6 Å². The monoisotopic (exact) mass is 296 g/mol. The van der Waals surface area contributed by atoms with E-state index in [9.17, 15) is 0 Å². The van der Waals surface area contributed by atoms with Crippen LogP contribution in [0.3, 0.4) is 0 Å². The minimum absolute atomic E-state index is 0.528. The fraction of sp³-hybridized carbons (Fsp3) is 0.231. The topological polar surface area (TPSA) is 63.8 Å². The molecule has 0 atom stereocenters. The Balaban J connectivity index is 2.32. The summed E-state index contributed by atoms with van der Waals surface area (Å²) in [5.74, 6) is 6.78. The maximum atomic E-state index is 5.99. The molecule has 2 rings (SSSR count). The van der Waals surface area contributed by atoms with Crippen LogP contribution in [0, 0.1) is 13.8 Å². The van der Waals surface area contributed by atoms with Gasteiger partial charge in [-0.25, -0.2) is 15.8 Å². The molecule has 1 aromatic carbocycles. The molecule has 0 aliphatic heterocycles. The van der Waals surface area contributed by atoms with Crippen LogP contribution in [-0.4, -0.2) is 9.97 Å². The molecule has 3 N–H and O–H groups in total. The lowest BCUT2D eigenvalue weighted by Crippen LogP contribution is -2.13. The molecule has 0 saturated carbocycles. The van der Waals surface area contributed by atoms with E-state index in [4.69, 9.17) is 29.0 Å². The van der Waals surface area contributed by atoms with Crippen molar-refractivity contribution in [1.29, 1.82) is 0 Å². The number of nitrogen functional groups attached to an aromatic ring is 1. The molecule has 100 valence electrons. The zero-order valence-corrected chi connectivity index (χ0v) is 12.2. The van der Waals surface area contributed by atoms with Crippen LogP contribution in [-0.2, 0) is 6.42 Å². The summed E-state index contributed by atoms with van der Waals surface area (Å²) in [6.07, 6.45) is 0.576. The number of hydrazine groups is 1. The molecule has 0 spiro atoms. The zero-order chi connectivity index (χ0) is 14.0. The number of nitrogens with one attached hydrogen (secondary N) is 1. The third-order valence-electron chi connectivity index (χ3n) is 2.92. The molecule has 2 aromatic rings. The van der Waals surface area contributed by atoms with Gasteiger partial charge in [0.25, 0.3) is 0 Å². The summed E-state index contributed by atoms with van der Waals surface area (Å²) in [6.45, 7) is 3.85. The molecule has 4 nitrogen and oxygen atoms in total. The maximum Gasteiger partial charge on any atom is 0.146 e. The van der Waals surface area contributed by atoms with Gasteiger partial charge in [0.1, 0.15) is 11.6 Å². The molecule has 0 radical (unpaired) electrons. The predicted molar refractivity (Wildman–Crippen MR) is 78.6 cm³/mol. The van der Waals surface area contributed by atoms with E-state index in [0.29, 0.717) is 28.1 Å². The Labute approximate surface area is 121 Å². The number of anilines is 1. The van der Waals surface area contributed by atoms with Crippen molar-refractivity contribution in [3.63, 3.8) is 0 Å². The number of hydrogen-bond acceptors (Lipinski definition) is 4. The first kappa shape index (κ1) is 14.1. The second kappa shape index (κ2) is 5.74. The first-order valence-corrected chi connectivity index (χ1v) is 6.51. The van der Waals surface area contributed by atoms with Gasteiger partial charge in [0.15, 0.2) is 0 Å². The van der Waals surface area contributed by atoms with Gasteiger partial charge in [0.2, 0.25) is 0 Å². The molecule has 6 heteroatoms. The van der Waals surface area contributed by atoms with Gasteiger partial charge in [0.05, 0.1) is 10.0 Å². The molecule has 1 aromatic heterocycles. The normalized spacial score (nSPS) is 10.6. The molecule has 1 heterocycles. The molecule has 0 bridgehead atoms. The van der Waals surface area contributed by atoms with Gasteiger partial charge < -0.3 is 5.43 Å². The first-order valence-electron chi connectivity index (χ1n) is 5.76. The Hall–Kier alpha value is -1.36. The van der Waals surface area contributed by atoms with E-state index in [1.165, 1.54) is 0 Å². The van der Waals surface area contributed by atoms with E-state index in [1.807, 2.05) is 26.0 Å². The fourth-order valence-corrected chi connectivity index (χ4v) is 2.06. The lowest BCUT2D eigenvalue weighted by molar-refractivity contribution is 0.925. The Morgan fingerprint density at radius 2 is 1.89 bits per heavy atom. The Bertz CT molecular complexity index is 614. The van der Waals surface area contributed by atoms with E-state index < -0.39 is 0 Å². The van der Waals surface area contributed by atoms with Crippen LogP contribution in [0.2, 0.25) is 10.0 Å². The summed E-state index contributed by atoms with van der Waals surface area (Å²) in [5.41, 5.74) is 5.43. The molecule has 0 amide bonds. The Kier molecular flexibility index (Phi) is 4.24. The van der Waals surface area contributed by atoms with Gasteiger partial charge in [-0.3, -0.25) is 0 Å².